The van der Waals surface area contributed by atoms with Crippen LogP contribution in [0.5, 0.6) is 0 Å². The molecule has 0 atom stereocenters. The molecular formula is C8H6FIO2S. The number of halogens is 2. The number of sulfone groups is 1. The van der Waals surface area contributed by atoms with E-state index >= 15 is 0 Å². The zero-order valence-corrected chi connectivity index (χ0v) is 9.42. The third-order valence-electron chi connectivity index (χ3n) is 1.40. The first kappa shape index (κ1) is 10.6. The Morgan fingerprint density at radius 2 is 1.85 bits per heavy atom. The van der Waals surface area contributed by atoms with E-state index in [0.717, 1.165) is 0 Å². The molecule has 70 valence electrons. The minimum absolute atomic E-state index is 0.0862. The Labute approximate surface area is 89.5 Å². The monoisotopic (exact) mass is 312 g/mol. The van der Waals surface area contributed by atoms with E-state index in [1.807, 2.05) is 0 Å². The summed E-state index contributed by atoms with van der Waals surface area (Å²) < 4.78 is 34.6. The van der Waals surface area contributed by atoms with Gasteiger partial charge in [0.15, 0.2) is 0 Å². The molecule has 0 unspecified atom stereocenters. The van der Waals surface area contributed by atoms with Gasteiger partial charge >= 0.3 is 0 Å². The Balaban J connectivity index is 3.25. The van der Waals surface area contributed by atoms with E-state index in [9.17, 15) is 12.8 Å². The number of hydrogen-bond donors (Lipinski definition) is 0. The van der Waals surface area contributed by atoms with Gasteiger partial charge < -0.3 is 0 Å². The largest absolute Gasteiger partial charge is 0.218 e. The highest BCUT2D eigenvalue weighted by Crippen LogP contribution is 2.23. The van der Waals surface area contributed by atoms with E-state index in [2.05, 4.69) is 0 Å². The maximum absolute atomic E-state index is 12.0. The first-order chi connectivity index (χ1) is 6.09. The fourth-order valence-electron chi connectivity index (χ4n) is 0.771. The van der Waals surface area contributed by atoms with Crippen molar-refractivity contribution in [3.8, 4) is 0 Å². The van der Waals surface area contributed by atoms with E-state index in [1.165, 1.54) is 34.7 Å². The van der Waals surface area contributed by atoms with Crippen LogP contribution < -0.4 is 0 Å². The second kappa shape index (κ2) is 4.19. The molecule has 0 spiro atoms. The molecule has 0 N–H and O–H groups in total. The van der Waals surface area contributed by atoms with Crippen molar-refractivity contribution >= 4 is 32.4 Å². The minimum Gasteiger partial charge on any atom is -0.218 e. The second-order valence-corrected chi connectivity index (χ2v) is 6.04. The lowest BCUT2D eigenvalue weighted by Crippen LogP contribution is -1.99. The summed E-state index contributed by atoms with van der Waals surface area (Å²) in [6.45, 7) is 0. The van der Waals surface area contributed by atoms with Crippen molar-refractivity contribution in [1.29, 1.82) is 0 Å². The molecule has 0 bridgehead atoms. The average Bonchev–Trinajstić information content (AvgIpc) is 2.18. The number of benzene rings is 1. The van der Waals surface area contributed by atoms with Crippen LogP contribution in [0.1, 0.15) is 0 Å². The van der Waals surface area contributed by atoms with Crippen LogP contribution in [0.25, 0.3) is 0 Å². The molecular weight excluding hydrogens is 306 g/mol. The summed E-state index contributed by atoms with van der Waals surface area (Å²) >= 11 is 1.45. The predicted molar refractivity (Wildman–Crippen MR) is 56.8 cm³/mol. The lowest BCUT2D eigenvalue weighted by atomic mass is 10.4. The summed E-state index contributed by atoms with van der Waals surface area (Å²) in [5.74, 6) is 0. The molecule has 1 aromatic carbocycles. The Bertz CT molecular complexity index is 411. The molecule has 1 aromatic rings. The van der Waals surface area contributed by atoms with E-state index in [4.69, 9.17) is 0 Å². The van der Waals surface area contributed by atoms with Crippen LogP contribution in [0.4, 0.5) is 4.39 Å². The second-order valence-electron chi connectivity index (χ2n) is 2.23. The molecule has 0 heterocycles. The molecule has 5 heteroatoms. The zero-order chi connectivity index (χ0) is 9.90. The van der Waals surface area contributed by atoms with Crippen molar-refractivity contribution < 1.29 is 12.8 Å². The smallest absolute Gasteiger partial charge is 0.214 e. The Hall–Kier alpha value is -0.430. The van der Waals surface area contributed by atoms with E-state index in [0.29, 0.717) is 0 Å². The van der Waals surface area contributed by atoms with Gasteiger partial charge in [-0.2, -0.15) is 0 Å². The van der Waals surface area contributed by atoms with Crippen molar-refractivity contribution in [2.75, 3.05) is 0 Å². The summed E-state index contributed by atoms with van der Waals surface area (Å²) in [5, 5.41) is 0. The van der Waals surface area contributed by atoms with Crippen molar-refractivity contribution in [1.82, 2.24) is 0 Å². The Kier molecular flexibility index (Phi) is 3.43. The summed E-state index contributed by atoms with van der Waals surface area (Å²) in [5.41, 5.74) is 0. The van der Waals surface area contributed by atoms with Gasteiger partial charge in [0, 0.05) is 0 Å². The van der Waals surface area contributed by atoms with Gasteiger partial charge in [-0.3, -0.25) is 0 Å². The van der Waals surface area contributed by atoms with Gasteiger partial charge in [0.1, 0.15) is 9.24 Å². The lowest BCUT2D eigenvalue weighted by molar-refractivity contribution is 0.603. The molecule has 0 aromatic heterocycles. The molecule has 1 rings (SSSR count). The summed E-state index contributed by atoms with van der Waals surface area (Å²) in [7, 11) is -3.62. The molecule has 0 saturated heterocycles. The van der Waals surface area contributed by atoms with Gasteiger partial charge in [-0.1, -0.05) is 18.2 Å². The van der Waals surface area contributed by atoms with Crippen LogP contribution in [0, 0.1) is 0 Å². The van der Waals surface area contributed by atoms with E-state index in [-0.39, 0.29) is 14.1 Å². The molecule has 13 heavy (non-hydrogen) atoms. The van der Waals surface area contributed by atoms with Crippen LogP contribution in [-0.2, 0) is 9.84 Å². The number of rotatable bonds is 2. The molecule has 0 aliphatic rings. The topological polar surface area (TPSA) is 34.1 Å². The maximum Gasteiger partial charge on any atom is 0.214 e. The zero-order valence-electron chi connectivity index (χ0n) is 6.44. The highest BCUT2D eigenvalue weighted by atomic mass is 127. The van der Waals surface area contributed by atoms with Crippen molar-refractivity contribution in [3.05, 3.63) is 39.6 Å². The van der Waals surface area contributed by atoms with Gasteiger partial charge in [-0.05, 0) is 34.7 Å². The van der Waals surface area contributed by atoms with E-state index < -0.39 is 9.84 Å². The molecule has 0 aliphatic carbocycles. The van der Waals surface area contributed by atoms with Gasteiger partial charge in [-0.25, -0.2) is 12.8 Å². The van der Waals surface area contributed by atoms with Crippen molar-refractivity contribution in [2.24, 2.45) is 0 Å². The van der Waals surface area contributed by atoms with Gasteiger partial charge in [-0.15, -0.1) is 0 Å². The molecule has 0 fully saturated rings. The first-order valence-electron chi connectivity index (χ1n) is 3.35. The van der Waals surface area contributed by atoms with Gasteiger partial charge in [0.05, 0.1) is 4.90 Å². The molecule has 0 saturated carbocycles. The van der Waals surface area contributed by atoms with Crippen LogP contribution in [0.3, 0.4) is 0 Å². The normalized spacial score (nSPS) is 12.9. The fraction of sp³-hybridized carbons (Fsp3) is 0. The summed E-state index contributed by atoms with van der Waals surface area (Å²) in [6.07, 6.45) is 0.0862. The van der Waals surface area contributed by atoms with Crippen LogP contribution in [-0.4, -0.2) is 8.42 Å². The lowest BCUT2D eigenvalue weighted by Gasteiger charge is -2.00. The quantitative estimate of drug-likeness (QED) is 0.787. The molecule has 0 aliphatic heterocycles. The maximum atomic E-state index is 12.0. The van der Waals surface area contributed by atoms with Crippen molar-refractivity contribution in [3.63, 3.8) is 0 Å². The summed E-state index contributed by atoms with van der Waals surface area (Å²) in [6, 6.07) is 7.74. The first-order valence-corrected chi connectivity index (χ1v) is 5.91. The predicted octanol–water partition coefficient (Wildman–Crippen LogP) is 2.66. The van der Waals surface area contributed by atoms with E-state index in [1.54, 1.807) is 18.2 Å². The number of hydrogen-bond acceptors (Lipinski definition) is 2. The Morgan fingerprint density at radius 1 is 1.31 bits per heavy atom. The van der Waals surface area contributed by atoms with Crippen molar-refractivity contribution in [2.45, 2.75) is 4.90 Å². The third kappa shape index (κ3) is 2.28. The highest BCUT2D eigenvalue weighted by Gasteiger charge is 2.17. The van der Waals surface area contributed by atoms with Crippen LogP contribution in [0.15, 0.2) is 44.5 Å². The van der Waals surface area contributed by atoms with Gasteiger partial charge in [0.2, 0.25) is 9.84 Å². The fourth-order valence-corrected chi connectivity index (χ4v) is 2.39. The SMILES string of the molecule is O=S(=O)(/C(I)=C\F)c1ccccc1. The van der Waals surface area contributed by atoms with Crippen LogP contribution in [0.2, 0.25) is 0 Å². The molecule has 0 radical (unpaired) electrons. The average molecular weight is 312 g/mol. The third-order valence-corrected chi connectivity index (χ3v) is 4.87. The van der Waals surface area contributed by atoms with Crippen LogP contribution >= 0.6 is 22.6 Å². The molecule has 0 amide bonds. The summed E-state index contributed by atoms with van der Waals surface area (Å²) in [4.78, 5) is 0.105. The molecule has 2 nitrogen and oxygen atoms in total. The van der Waals surface area contributed by atoms with Gasteiger partial charge in [0.25, 0.3) is 0 Å². The highest BCUT2D eigenvalue weighted by molar-refractivity contribution is 14.1. The minimum atomic E-state index is -3.62. The standard InChI is InChI=1S/C8H6FIO2S/c9-6-8(10)13(11,12)7-4-2-1-3-5-7/h1-6H/b8-6-. The Morgan fingerprint density at radius 3 is 2.31 bits per heavy atom.